The molecule has 1 aromatic heterocycles. The van der Waals surface area contributed by atoms with E-state index < -0.39 is 5.91 Å². The number of rotatable bonds is 4. The second-order valence-corrected chi connectivity index (χ2v) is 5.42. The molecule has 3 rings (SSSR count). The Labute approximate surface area is 131 Å². The summed E-state index contributed by atoms with van der Waals surface area (Å²) in [4.78, 5) is 20.2. The number of para-hydroxylation sites is 1. The standard InChI is InChI=1S/C14H11Cl2N3O2/c15-10-2-1-3-11(16)12(10)19-13(20)9-6-17-7-18-14(9)21-8-4-5-8/h1-3,6-8H,4-5H2,(H,19,20). The van der Waals surface area contributed by atoms with E-state index in [4.69, 9.17) is 27.9 Å². The van der Waals surface area contributed by atoms with Crippen LogP contribution in [0.25, 0.3) is 0 Å². The van der Waals surface area contributed by atoms with Crippen molar-refractivity contribution in [2.75, 3.05) is 5.32 Å². The molecule has 0 radical (unpaired) electrons. The summed E-state index contributed by atoms with van der Waals surface area (Å²) in [6.07, 6.45) is 4.83. The van der Waals surface area contributed by atoms with E-state index >= 15 is 0 Å². The Hall–Kier alpha value is -1.85. The van der Waals surface area contributed by atoms with Gasteiger partial charge in [-0.2, -0.15) is 0 Å². The Bertz CT molecular complexity index is 669. The fourth-order valence-electron chi connectivity index (χ4n) is 1.71. The van der Waals surface area contributed by atoms with Gasteiger partial charge in [-0.3, -0.25) is 4.79 Å². The van der Waals surface area contributed by atoms with Crippen molar-refractivity contribution in [3.63, 3.8) is 0 Å². The van der Waals surface area contributed by atoms with E-state index in [1.807, 2.05) is 0 Å². The lowest BCUT2D eigenvalue weighted by Gasteiger charge is -2.11. The van der Waals surface area contributed by atoms with Crippen LogP contribution in [0.5, 0.6) is 5.88 Å². The van der Waals surface area contributed by atoms with Crippen LogP contribution in [-0.2, 0) is 0 Å². The SMILES string of the molecule is O=C(Nc1c(Cl)cccc1Cl)c1cncnc1OC1CC1. The molecule has 5 nitrogen and oxygen atoms in total. The molecule has 21 heavy (non-hydrogen) atoms. The summed E-state index contributed by atoms with van der Waals surface area (Å²) < 4.78 is 5.60. The molecule has 108 valence electrons. The number of benzene rings is 1. The number of nitrogens with zero attached hydrogens (tertiary/aromatic N) is 2. The largest absolute Gasteiger partial charge is 0.474 e. The van der Waals surface area contributed by atoms with Crippen molar-refractivity contribution >= 4 is 34.8 Å². The van der Waals surface area contributed by atoms with Crippen LogP contribution in [0, 0.1) is 0 Å². The highest BCUT2D eigenvalue weighted by Gasteiger charge is 2.27. The van der Waals surface area contributed by atoms with Crippen LogP contribution in [0.2, 0.25) is 10.0 Å². The average Bonchev–Trinajstić information content (AvgIpc) is 3.27. The average molecular weight is 324 g/mol. The van der Waals surface area contributed by atoms with E-state index in [-0.39, 0.29) is 17.5 Å². The number of anilines is 1. The summed E-state index contributed by atoms with van der Waals surface area (Å²) in [5.41, 5.74) is 0.604. The molecular formula is C14H11Cl2N3O2. The molecule has 1 fully saturated rings. The van der Waals surface area contributed by atoms with Gasteiger partial charge in [0.1, 0.15) is 18.0 Å². The molecule has 0 bridgehead atoms. The normalized spacial score (nSPS) is 13.8. The van der Waals surface area contributed by atoms with Crippen molar-refractivity contribution < 1.29 is 9.53 Å². The monoisotopic (exact) mass is 323 g/mol. The lowest BCUT2D eigenvalue weighted by Crippen LogP contribution is -2.16. The Morgan fingerprint density at radius 2 is 2.00 bits per heavy atom. The van der Waals surface area contributed by atoms with Crippen molar-refractivity contribution in [3.05, 3.63) is 46.3 Å². The number of nitrogens with one attached hydrogen (secondary N) is 1. The lowest BCUT2D eigenvalue weighted by molar-refractivity contribution is 0.102. The van der Waals surface area contributed by atoms with Gasteiger partial charge in [-0.25, -0.2) is 9.97 Å². The predicted molar refractivity (Wildman–Crippen MR) is 80.1 cm³/mol. The zero-order chi connectivity index (χ0) is 14.8. The van der Waals surface area contributed by atoms with Gasteiger partial charge in [0, 0.05) is 6.20 Å². The number of amides is 1. The number of carbonyl (C=O) groups excluding carboxylic acids is 1. The predicted octanol–water partition coefficient (Wildman–Crippen LogP) is 3.58. The number of halogens is 2. The van der Waals surface area contributed by atoms with Gasteiger partial charge in [0.15, 0.2) is 0 Å². The fraction of sp³-hybridized carbons (Fsp3) is 0.214. The Morgan fingerprint density at radius 1 is 1.29 bits per heavy atom. The third-order valence-corrected chi connectivity index (χ3v) is 3.55. The van der Waals surface area contributed by atoms with Gasteiger partial charge in [-0.05, 0) is 25.0 Å². The summed E-state index contributed by atoms with van der Waals surface area (Å²) in [7, 11) is 0. The molecule has 1 aromatic carbocycles. The molecule has 1 aliphatic carbocycles. The zero-order valence-electron chi connectivity index (χ0n) is 10.8. The van der Waals surface area contributed by atoms with Crippen molar-refractivity contribution in [1.29, 1.82) is 0 Å². The number of hydrogen-bond donors (Lipinski definition) is 1. The van der Waals surface area contributed by atoms with E-state index in [1.54, 1.807) is 18.2 Å². The molecule has 0 aliphatic heterocycles. The minimum absolute atomic E-state index is 0.135. The molecule has 1 amide bonds. The van der Waals surface area contributed by atoms with E-state index in [0.29, 0.717) is 15.7 Å². The van der Waals surface area contributed by atoms with Crippen LogP contribution in [0.1, 0.15) is 23.2 Å². The first-order valence-electron chi connectivity index (χ1n) is 6.37. The Morgan fingerprint density at radius 3 is 2.67 bits per heavy atom. The highest BCUT2D eigenvalue weighted by atomic mass is 35.5. The van der Waals surface area contributed by atoms with Crippen molar-refractivity contribution in [2.24, 2.45) is 0 Å². The number of ether oxygens (including phenoxy) is 1. The van der Waals surface area contributed by atoms with Crippen molar-refractivity contribution in [3.8, 4) is 5.88 Å². The first kappa shape index (κ1) is 14.1. The van der Waals surface area contributed by atoms with Crippen molar-refractivity contribution in [1.82, 2.24) is 9.97 Å². The maximum atomic E-state index is 12.4. The minimum atomic E-state index is -0.416. The van der Waals surface area contributed by atoms with E-state index in [2.05, 4.69) is 15.3 Å². The van der Waals surface area contributed by atoms with Gasteiger partial charge < -0.3 is 10.1 Å². The van der Waals surface area contributed by atoms with Crippen LogP contribution in [0.15, 0.2) is 30.7 Å². The maximum Gasteiger partial charge on any atom is 0.262 e. The molecule has 0 unspecified atom stereocenters. The molecule has 7 heteroatoms. The Balaban J connectivity index is 1.85. The number of aromatic nitrogens is 2. The Kier molecular flexibility index (Phi) is 3.94. The third-order valence-electron chi connectivity index (χ3n) is 2.92. The molecular weight excluding hydrogens is 313 g/mol. The van der Waals surface area contributed by atoms with Gasteiger partial charge in [0.25, 0.3) is 5.91 Å². The van der Waals surface area contributed by atoms with Gasteiger partial charge in [0.05, 0.1) is 15.7 Å². The summed E-state index contributed by atoms with van der Waals surface area (Å²) in [6.45, 7) is 0. The summed E-state index contributed by atoms with van der Waals surface area (Å²) >= 11 is 12.1. The highest BCUT2D eigenvalue weighted by molar-refractivity contribution is 6.40. The third kappa shape index (κ3) is 3.25. The molecule has 1 saturated carbocycles. The summed E-state index contributed by atoms with van der Waals surface area (Å²) in [5, 5.41) is 3.38. The molecule has 0 saturated heterocycles. The zero-order valence-corrected chi connectivity index (χ0v) is 12.4. The van der Waals surface area contributed by atoms with Gasteiger partial charge in [-0.15, -0.1) is 0 Å². The quantitative estimate of drug-likeness (QED) is 0.934. The second-order valence-electron chi connectivity index (χ2n) is 4.61. The molecule has 0 spiro atoms. The maximum absolute atomic E-state index is 12.4. The second kappa shape index (κ2) is 5.87. The van der Waals surface area contributed by atoms with Gasteiger partial charge in [0.2, 0.25) is 5.88 Å². The van der Waals surface area contributed by atoms with Crippen LogP contribution in [-0.4, -0.2) is 22.0 Å². The summed E-state index contributed by atoms with van der Waals surface area (Å²) in [5.74, 6) is -0.144. The molecule has 1 N–H and O–H groups in total. The van der Waals surface area contributed by atoms with Gasteiger partial charge >= 0.3 is 0 Å². The molecule has 1 aliphatic rings. The van der Waals surface area contributed by atoms with Gasteiger partial charge in [-0.1, -0.05) is 29.3 Å². The number of hydrogen-bond acceptors (Lipinski definition) is 4. The first-order valence-corrected chi connectivity index (χ1v) is 7.13. The van der Waals surface area contributed by atoms with Crippen LogP contribution < -0.4 is 10.1 Å². The smallest absolute Gasteiger partial charge is 0.262 e. The van der Waals surface area contributed by atoms with E-state index in [1.165, 1.54) is 12.5 Å². The molecule has 0 atom stereocenters. The topological polar surface area (TPSA) is 64.1 Å². The first-order chi connectivity index (χ1) is 10.1. The minimum Gasteiger partial charge on any atom is -0.474 e. The number of carbonyl (C=O) groups is 1. The van der Waals surface area contributed by atoms with Crippen LogP contribution in [0.4, 0.5) is 5.69 Å². The molecule has 1 heterocycles. The van der Waals surface area contributed by atoms with Crippen LogP contribution >= 0.6 is 23.2 Å². The van der Waals surface area contributed by atoms with E-state index in [0.717, 1.165) is 12.8 Å². The van der Waals surface area contributed by atoms with E-state index in [9.17, 15) is 4.79 Å². The lowest BCUT2D eigenvalue weighted by atomic mass is 10.2. The summed E-state index contributed by atoms with van der Waals surface area (Å²) in [6, 6.07) is 4.99. The van der Waals surface area contributed by atoms with Crippen molar-refractivity contribution in [2.45, 2.75) is 18.9 Å². The molecule has 2 aromatic rings. The fourth-order valence-corrected chi connectivity index (χ4v) is 2.20. The van der Waals surface area contributed by atoms with Crippen LogP contribution in [0.3, 0.4) is 0 Å². The highest BCUT2D eigenvalue weighted by Crippen LogP contribution is 2.31.